The van der Waals surface area contributed by atoms with Gasteiger partial charge in [0, 0.05) is 11.8 Å². The van der Waals surface area contributed by atoms with E-state index < -0.39 is 17.7 Å². The van der Waals surface area contributed by atoms with Crippen LogP contribution in [0.3, 0.4) is 0 Å². The number of aryl methyl sites for hydroxylation is 1. The summed E-state index contributed by atoms with van der Waals surface area (Å²) < 4.78 is 11.3. The first-order valence-corrected chi connectivity index (χ1v) is 11.3. The van der Waals surface area contributed by atoms with Crippen molar-refractivity contribution in [2.24, 2.45) is 0 Å². The van der Waals surface area contributed by atoms with Crippen molar-refractivity contribution in [1.82, 2.24) is 0 Å². The maximum Gasteiger partial charge on any atom is 0.300 e. The lowest BCUT2D eigenvalue weighted by Gasteiger charge is -2.27. The fourth-order valence-electron chi connectivity index (χ4n) is 4.24. The zero-order chi connectivity index (χ0) is 24.2. The third kappa shape index (κ3) is 4.15. The van der Waals surface area contributed by atoms with Gasteiger partial charge in [-0.15, -0.1) is 0 Å². The number of aliphatic hydroxyl groups is 1. The molecule has 3 aromatic carbocycles. The summed E-state index contributed by atoms with van der Waals surface area (Å²) in [5.74, 6) is -0.753. The van der Waals surface area contributed by atoms with Crippen LogP contribution in [0, 0.1) is 6.92 Å². The molecule has 0 radical (unpaired) electrons. The minimum absolute atomic E-state index is 0.0181. The monoisotopic (exact) mass is 457 g/mol. The van der Waals surface area contributed by atoms with Crippen LogP contribution in [-0.2, 0) is 9.59 Å². The van der Waals surface area contributed by atoms with Crippen molar-refractivity contribution in [2.45, 2.75) is 26.8 Å². The third-order valence-corrected chi connectivity index (χ3v) is 5.75. The van der Waals surface area contributed by atoms with Crippen molar-refractivity contribution in [1.29, 1.82) is 0 Å². The number of nitrogens with zero attached hydrogens (tertiary/aromatic N) is 1. The van der Waals surface area contributed by atoms with Crippen LogP contribution >= 0.6 is 0 Å². The fourth-order valence-corrected chi connectivity index (χ4v) is 4.24. The van der Waals surface area contributed by atoms with Gasteiger partial charge in [-0.3, -0.25) is 14.5 Å². The van der Waals surface area contributed by atoms with Gasteiger partial charge in [-0.2, -0.15) is 0 Å². The second-order valence-corrected chi connectivity index (χ2v) is 7.89. The van der Waals surface area contributed by atoms with E-state index in [4.69, 9.17) is 9.47 Å². The number of hydrogen-bond donors (Lipinski definition) is 1. The molecule has 1 aliphatic rings. The first-order valence-electron chi connectivity index (χ1n) is 11.3. The number of Topliss-reactive ketones (excluding diaryl/α,β-unsaturated/α-hetero) is 1. The van der Waals surface area contributed by atoms with E-state index in [0.29, 0.717) is 36.0 Å². The number of aliphatic hydroxyl groups excluding tert-OH is 1. The number of hydrogen-bond acceptors (Lipinski definition) is 5. The normalized spacial score (nSPS) is 17.1. The molecule has 1 unspecified atom stereocenters. The average molecular weight is 458 g/mol. The molecule has 4 rings (SSSR count). The van der Waals surface area contributed by atoms with Gasteiger partial charge in [0.1, 0.15) is 17.3 Å². The minimum atomic E-state index is -0.789. The molecule has 6 heteroatoms. The zero-order valence-corrected chi connectivity index (χ0v) is 19.4. The quantitative estimate of drug-likeness (QED) is 0.291. The van der Waals surface area contributed by atoms with Crippen molar-refractivity contribution >= 4 is 23.1 Å². The highest BCUT2D eigenvalue weighted by Gasteiger charge is 2.47. The lowest BCUT2D eigenvalue weighted by atomic mass is 9.94. The molecule has 0 bridgehead atoms. The Bertz CT molecular complexity index is 1250. The molecule has 0 aliphatic carbocycles. The van der Waals surface area contributed by atoms with E-state index in [9.17, 15) is 14.7 Å². The molecule has 3 aromatic rings. The summed E-state index contributed by atoms with van der Waals surface area (Å²) in [6.45, 7) is 6.43. The number of para-hydroxylation sites is 1. The molecule has 174 valence electrons. The van der Waals surface area contributed by atoms with Crippen molar-refractivity contribution in [3.8, 4) is 11.5 Å². The van der Waals surface area contributed by atoms with Crippen LogP contribution in [-0.4, -0.2) is 30.0 Å². The summed E-state index contributed by atoms with van der Waals surface area (Å²) >= 11 is 0. The number of rotatable bonds is 7. The second kappa shape index (κ2) is 9.83. The minimum Gasteiger partial charge on any atom is -0.507 e. The van der Waals surface area contributed by atoms with E-state index in [1.54, 1.807) is 24.3 Å². The molecule has 0 aromatic heterocycles. The molecule has 0 spiro atoms. The SMILES string of the molecule is CCOc1ccc(/C(O)=C2/C(=O)C(=O)N(c3ccccc3C)C2c2ccccc2)c(OCC)c1. The Morgan fingerprint density at radius 1 is 0.912 bits per heavy atom. The highest BCUT2D eigenvalue weighted by atomic mass is 16.5. The number of benzene rings is 3. The molecule has 1 N–H and O–H groups in total. The van der Waals surface area contributed by atoms with E-state index in [1.165, 1.54) is 4.90 Å². The standard InChI is InChI=1S/C28H27NO5/c1-4-33-20-15-16-21(23(17-20)34-5-2)26(30)24-25(19-12-7-6-8-13-19)29(28(32)27(24)31)22-14-10-9-11-18(22)3/h6-17,25,30H,4-5H2,1-3H3/b26-24-. The van der Waals surface area contributed by atoms with Gasteiger partial charge in [0.05, 0.1) is 30.4 Å². The summed E-state index contributed by atoms with van der Waals surface area (Å²) in [6, 6.07) is 20.9. The largest absolute Gasteiger partial charge is 0.507 e. The van der Waals surface area contributed by atoms with Gasteiger partial charge in [0.15, 0.2) is 0 Å². The van der Waals surface area contributed by atoms with E-state index in [0.717, 1.165) is 11.1 Å². The number of carbonyl (C=O) groups is 2. The van der Waals surface area contributed by atoms with Gasteiger partial charge >= 0.3 is 0 Å². The highest BCUT2D eigenvalue weighted by Crippen LogP contribution is 2.44. The van der Waals surface area contributed by atoms with Crippen LogP contribution < -0.4 is 14.4 Å². The predicted molar refractivity (Wildman–Crippen MR) is 131 cm³/mol. The Labute approximate surface area is 199 Å². The van der Waals surface area contributed by atoms with E-state index in [2.05, 4.69) is 0 Å². The number of anilines is 1. The van der Waals surface area contributed by atoms with Gasteiger partial charge in [0.2, 0.25) is 0 Å². The molecule has 0 saturated carbocycles. The summed E-state index contributed by atoms with van der Waals surface area (Å²) in [7, 11) is 0. The Morgan fingerprint density at radius 3 is 2.26 bits per heavy atom. The second-order valence-electron chi connectivity index (χ2n) is 7.89. The van der Waals surface area contributed by atoms with Crippen LogP contribution in [0.25, 0.3) is 5.76 Å². The molecule has 1 aliphatic heterocycles. The van der Waals surface area contributed by atoms with Gasteiger partial charge < -0.3 is 14.6 Å². The summed E-state index contributed by atoms with van der Waals surface area (Å²) in [5.41, 5.74) is 2.53. The third-order valence-electron chi connectivity index (χ3n) is 5.75. The Morgan fingerprint density at radius 2 is 1.59 bits per heavy atom. The number of ketones is 1. The van der Waals surface area contributed by atoms with Crippen LogP contribution in [0.15, 0.2) is 78.4 Å². The van der Waals surface area contributed by atoms with Crippen molar-refractivity contribution in [3.05, 3.63) is 95.1 Å². The lowest BCUT2D eigenvalue weighted by Crippen LogP contribution is -2.30. The smallest absolute Gasteiger partial charge is 0.300 e. The average Bonchev–Trinajstić information content (AvgIpc) is 3.10. The Kier molecular flexibility index (Phi) is 6.68. The van der Waals surface area contributed by atoms with Crippen LogP contribution in [0.2, 0.25) is 0 Å². The van der Waals surface area contributed by atoms with Crippen molar-refractivity contribution in [2.75, 3.05) is 18.1 Å². The van der Waals surface area contributed by atoms with Gasteiger partial charge in [-0.1, -0.05) is 48.5 Å². The molecule has 1 fully saturated rings. The van der Waals surface area contributed by atoms with Gasteiger partial charge in [0.25, 0.3) is 11.7 Å². The number of carbonyl (C=O) groups excluding carboxylic acids is 2. The van der Waals surface area contributed by atoms with E-state index in [1.807, 2.05) is 69.3 Å². The van der Waals surface area contributed by atoms with Crippen LogP contribution in [0.1, 0.15) is 36.6 Å². The Balaban J connectivity index is 1.94. The Hall–Kier alpha value is -4.06. The van der Waals surface area contributed by atoms with E-state index >= 15 is 0 Å². The molecule has 1 atom stereocenters. The van der Waals surface area contributed by atoms with Crippen LogP contribution in [0.5, 0.6) is 11.5 Å². The molecule has 6 nitrogen and oxygen atoms in total. The first kappa shape index (κ1) is 23.1. The maximum absolute atomic E-state index is 13.4. The summed E-state index contributed by atoms with van der Waals surface area (Å²) in [4.78, 5) is 28.1. The summed E-state index contributed by atoms with van der Waals surface area (Å²) in [6.07, 6.45) is 0. The zero-order valence-electron chi connectivity index (χ0n) is 19.4. The van der Waals surface area contributed by atoms with Crippen molar-refractivity contribution < 1.29 is 24.2 Å². The molecular formula is C28H27NO5. The highest BCUT2D eigenvalue weighted by molar-refractivity contribution is 6.51. The molecule has 1 saturated heterocycles. The molecule has 34 heavy (non-hydrogen) atoms. The fraction of sp³-hybridized carbons (Fsp3) is 0.214. The van der Waals surface area contributed by atoms with Crippen LogP contribution in [0.4, 0.5) is 5.69 Å². The lowest BCUT2D eigenvalue weighted by molar-refractivity contribution is -0.132. The van der Waals surface area contributed by atoms with Gasteiger partial charge in [-0.05, 0) is 50.1 Å². The predicted octanol–water partition coefficient (Wildman–Crippen LogP) is 5.42. The maximum atomic E-state index is 13.4. The molecule has 1 heterocycles. The molecular weight excluding hydrogens is 430 g/mol. The van der Waals surface area contributed by atoms with E-state index in [-0.39, 0.29) is 11.3 Å². The van der Waals surface area contributed by atoms with Crippen molar-refractivity contribution in [3.63, 3.8) is 0 Å². The van der Waals surface area contributed by atoms with Gasteiger partial charge in [-0.25, -0.2) is 0 Å². The molecule has 1 amide bonds. The first-order chi connectivity index (χ1) is 16.5. The number of amides is 1. The summed E-state index contributed by atoms with van der Waals surface area (Å²) in [5, 5.41) is 11.5. The number of ether oxygens (including phenoxy) is 2. The topological polar surface area (TPSA) is 76.1 Å².